The molecular weight excluding hydrogens is 353 g/mol. The lowest BCUT2D eigenvalue weighted by molar-refractivity contribution is 0.465. The monoisotopic (exact) mass is 367 g/mol. The molecule has 130 valence electrons. The summed E-state index contributed by atoms with van der Waals surface area (Å²) in [4.78, 5) is 4.29. The van der Waals surface area contributed by atoms with Crippen LogP contribution < -0.4 is 0 Å². The minimum Gasteiger partial charge on any atom is -0.431 e. The maximum Gasteiger partial charge on any atom is 0.256 e. The van der Waals surface area contributed by atoms with E-state index < -0.39 is 0 Å². The van der Waals surface area contributed by atoms with Crippen LogP contribution >= 0.6 is 11.8 Å². The highest BCUT2D eigenvalue weighted by molar-refractivity contribution is 7.99. The van der Waals surface area contributed by atoms with Crippen molar-refractivity contribution in [2.45, 2.75) is 17.4 Å². The van der Waals surface area contributed by atoms with E-state index in [-0.39, 0.29) is 11.1 Å². The van der Waals surface area contributed by atoms with Gasteiger partial charge in [-0.3, -0.25) is 0 Å². The van der Waals surface area contributed by atoms with Gasteiger partial charge >= 0.3 is 0 Å². The van der Waals surface area contributed by atoms with E-state index in [1.54, 1.807) is 23.0 Å². The second-order valence-electron chi connectivity index (χ2n) is 5.54. The Morgan fingerprint density at radius 2 is 1.85 bits per heavy atom. The van der Waals surface area contributed by atoms with Crippen molar-refractivity contribution >= 4 is 11.8 Å². The fourth-order valence-electron chi connectivity index (χ4n) is 2.46. The first-order chi connectivity index (χ1) is 12.7. The van der Waals surface area contributed by atoms with E-state index in [2.05, 4.69) is 20.5 Å². The Balaban J connectivity index is 1.54. The van der Waals surface area contributed by atoms with Gasteiger partial charge in [0.1, 0.15) is 5.82 Å². The largest absolute Gasteiger partial charge is 0.431 e. The smallest absolute Gasteiger partial charge is 0.256 e. The van der Waals surface area contributed by atoms with Gasteiger partial charge in [-0.05, 0) is 53.7 Å². The summed E-state index contributed by atoms with van der Waals surface area (Å²) in [5, 5.41) is 12.4. The molecule has 0 aliphatic heterocycles. The number of benzene rings is 2. The van der Waals surface area contributed by atoms with Gasteiger partial charge in [0.05, 0.1) is 17.1 Å². The van der Waals surface area contributed by atoms with Crippen LogP contribution in [0.2, 0.25) is 0 Å². The summed E-state index contributed by atoms with van der Waals surface area (Å²) in [6.07, 6.45) is 1.63. The molecule has 8 heteroatoms. The van der Waals surface area contributed by atoms with Crippen molar-refractivity contribution in [2.75, 3.05) is 0 Å². The van der Waals surface area contributed by atoms with Crippen LogP contribution in [0, 0.1) is 5.82 Å². The molecule has 6 nitrogen and oxygen atoms in total. The Morgan fingerprint density at radius 1 is 1.08 bits per heavy atom. The molecule has 0 N–H and O–H groups in total. The molecule has 0 aliphatic carbocycles. The standard InChI is InChI=1S/C18H14FN5OS/c1-12(17-21-22-23-24(17)15-5-3-2-4-6-15)26-18-20-11-16(25-18)13-7-9-14(19)10-8-13/h2-12H,1H3/t12-/m1/s1. The molecule has 0 aliphatic rings. The Morgan fingerprint density at radius 3 is 2.62 bits per heavy atom. The summed E-state index contributed by atoms with van der Waals surface area (Å²) in [5.41, 5.74) is 1.66. The fourth-order valence-corrected chi connectivity index (χ4v) is 3.27. The number of nitrogens with zero attached hydrogens (tertiary/aromatic N) is 5. The molecule has 26 heavy (non-hydrogen) atoms. The molecule has 0 amide bonds. The van der Waals surface area contributed by atoms with Crippen molar-refractivity contribution in [1.29, 1.82) is 0 Å². The second-order valence-corrected chi connectivity index (χ2v) is 6.83. The lowest BCUT2D eigenvalue weighted by Gasteiger charge is -2.09. The third kappa shape index (κ3) is 3.36. The summed E-state index contributed by atoms with van der Waals surface area (Å²) in [6.45, 7) is 1.98. The Labute approximate surface area is 153 Å². The number of aromatic nitrogens is 5. The van der Waals surface area contributed by atoms with Gasteiger partial charge in [-0.1, -0.05) is 30.0 Å². The van der Waals surface area contributed by atoms with Crippen LogP contribution in [0.5, 0.6) is 0 Å². The molecule has 0 saturated heterocycles. The fraction of sp³-hybridized carbons (Fsp3) is 0.111. The zero-order chi connectivity index (χ0) is 17.9. The van der Waals surface area contributed by atoms with Gasteiger partial charge in [0.15, 0.2) is 11.6 Å². The summed E-state index contributed by atoms with van der Waals surface area (Å²) >= 11 is 1.41. The predicted molar refractivity (Wildman–Crippen MR) is 95.3 cm³/mol. The van der Waals surface area contributed by atoms with Crippen LogP contribution in [-0.4, -0.2) is 25.2 Å². The van der Waals surface area contributed by atoms with E-state index in [1.807, 2.05) is 37.3 Å². The lowest BCUT2D eigenvalue weighted by atomic mass is 10.2. The minimum atomic E-state index is -0.288. The average Bonchev–Trinajstić information content (AvgIpc) is 3.32. The molecule has 2 aromatic heterocycles. The highest BCUT2D eigenvalue weighted by Gasteiger charge is 2.19. The highest BCUT2D eigenvalue weighted by atomic mass is 32.2. The molecule has 0 saturated carbocycles. The number of thioether (sulfide) groups is 1. The van der Waals surface area contributed by atoms with E-state index in [9.17, 15) is 4.39 Å². The second kappa shape index (κ2) is 7.09. The van der Waals surface area contributed by atoms with Crippen LogP contribution in [0.15, 0.2) is 70.4 Å². The first-order valence-electron chi connectivity index (χ1n) is 7.93. The van der Waals surface area contributed by atoms with Crippen molar-refractivity contribution < 1.29 is 8.81 Å². The van der Waals surface area contributed by atoms with Crippen LogP contribution in [-0.2, 0) is 0 Å². The first-order valence-corrected chi connectivity index (χ1v) is 8.81. The third-order valence-corrected chi connectivity index (χ3v) is 4.70. The Hall–Kier alpha value is -3.00. The quantitative estimate of drug-likeness (QED) is 0.490. The molecule has 2 aromatic carbocycles. The molecule has 0 bridgehead atoms. The molecule has 2 heterocycles. The molecule has 0 fully saturated rings. The van der Waals surface area contributed by atoms with Gasteiger partial charge < -0.3 is 4.42 Å². The number of halogens is 1. The van der Waals surface area contributed by atoms with E-state index in [4.69, 9.17) is 4.42 Å². The van der Waals surface area contributed by atoms with E-state index >= 15 is 0 Å². The number of para-hydroxylation sites is 1. The van der Waals surface area contributed by atoms with Gasteiger partial charge in [-0.25, -0.2) is 9.37 Å². The lowest BCUT2D eigenvalue weighted by Crippen LogP contribution is -2.04. The van der Waals surface area contributed by atoms with Gasteiger partial charge in [0.25, 0.3) is 5.22 Å². The molecular formula is C18H14FN5OS. The first kappa shape index (κ1) is 16.5. The van der Waals surface area contributed by atoms with Gasteiger partial charge in [-0.2, -0.15) is 4.68 Å². The number of tetrazole rings is 1. The number of hydrogen-bond acceptors (Lipinski definition) is 6. The normalized spacial score (nSPS) is 12.2. The van der Waals surface area contributed by atoms with Crippen molar-refractivity contribution in [2.24, 2.45) is 0 Å². The number of rotatable bonds is 5. The topological polar surface area (TPSA) is 69.6 Å². The molecule has 0 spiro atoms. The van der Waals surface area contributed by atoms with Gasteiger partial charge in [0, 0.05) is 5.56 Å². The highest BCUT2D eigenvalue weighted by Crippen LogP contribution is 2.35. The molecule has 1 atom stereocenters. The van der Waals surface area contributed by atoms with Crippen molar-refractivity contribution in [3.8, 4) is 17.0 Å². The van der Waals surface area contributed by atoms with Gasteiger partial charge in [-0.15, -0.1) is 5.10 Å². The molecule has 4 aromatic rings. The SMILES string of the molecule is C[C@@H](Sc1ncc(-c2ccc(F)cc2)o1)c1nnnn1-c1ccccc1. The summed E-state index contributed by atoms with van der Waals surface area (Å²) < 4.78 is 20.5. The van der Waals surface area contributed by atoms with Crippen LogP contribution in [0.25, 0.3) is 17.0 Å². The van der Waals surface area contributed by atoms with Gasteiger partial charge in [0.2, 0.25) is 0 Å². The summed E-state index contributed by atoms with van der Waals surface area (Å²) in [7, 11) is 0. The zero-order valence-corrected chi connectivity index (χ0v) is 14.6. The van der Waals surface area contributed by atoms with Crippen molar-refractivity contribution in [3.05, 3.63) is 72.4 Å². The van der Waals surface area contributed by atoms with Crippen LogP contribution in [0.1, 0.15) is 18.0 Å². The number of hydrogen-bond donors (Lipinski definition) is 0. The average molecular weight is 367 g/mol. The Bertz CT molecular complexity index is 1000. The zero-order valence-electron chi connectivity index (χ0n) is 13.8. The maximum atomic E-state index is 13.0. The predicted octanol–water partition coefficient (Wildman–Crippen LogP) is 4.31. The van der Waals surface area contributed by atoms with Crippen molar-refractivity contribution in [1.82, 2.24) is 25.2 Å². The maximum absolute atomic E-state index is 13.0. The van der Waals surface area contributed by atoms with Crippen molar-refractivity contribution in [3.63, 3.8) is 0 Å². The van der Waals surface area contributed by atoms with E-state index in [1.165, 1.54) is 23.9 Å². The number of oxazole rings is 1. The molecule has 4 rings (SSSR count). The summed E-state index contributed by atoms with van der Waals surface area (Å²) in [5.74, 6) is 0.995. The summed E-state index contributed by atoms with van der Waals surface area (Å²) in [6, 6.07) is 15.8. The van der Waals surface area contributed by atoms with Crippen LogP contribution in [0.3, 0.4) is 0 Å². The van der Waals surface area contributed by atoms with Crippen LogP contribution in [0.4, 0.5) is 4.39 Å². The minimum absolute atomic E-state index is 0.0788. The van der Waals surface area contributed by atoms with E-state index in [0.717, 1.165) is 11.3 Å². The van der Waals surface area contributed by atoms with E-state index in [0.29, 0.717) is 16.8 Å². The Kier molecular flexibility index (Phi) is 4.49. The molecule has 0 unspecified atom stereocenters. The molecule has 0 radical (unpaired) electrons. The third-order valence-electron chi connectivity index (χ3n) is 3.75.